The third-order valence-electron chi connectivity index (χ3n) is 2.30. The van der Waals surface area contributed by atoms with Crippen molar-refractivity contribution in [3.05, 3.63) is 0 Å². The van der Waals surface area contributed by atoms with E-state index in [9.17, 15) is 9.00 Å². The lowest BCUT2D eigenvalue weighted by atomic mass is 10.2. The fourth-order valence-electron chi connectivity index (χ4n) is 1.67. The quantitative estimate of drug-likeness (QED) is 0.662. The van der Waals surface area contributed by atoms with Crippen molar-refractivity contribution in [2.24, 2.45) is 5.73 Å². The SMILES string of the molecule is CS(=O)CC(=O)N1CCCC1CN. The van der Waals surface area contributed by atoms with Crippen LogP contribution in [0.15, 0.2) is 0 Å². The normalized spacial score (nSPS) is 24.8. The highest BCUT2D eigenvalue weighted by Gasteiger charge is 2.27. The summed E-state index contributed by atoms with van der Waals surface area (Å²) in [6.45, 7) is 1.29. The van der Waals surface area contributed by atoms with E-state index in [0.29, 0.717) is 6.54 Å². The molecule has 0 spiro atoms. The summed E-state index contributed by atoms with van der Waals surface area (Å²) in [5, 5.41) is 0. The van der Waals surface area contributed by atoms with Crippen LogP contribution in [0.2, 0.25) is 0 Å². The van der Waals surface area contributed by atoms with Crippen LogP contribution in [0.4, 0.5) is 0 Å². The second kappa shape index (κ2) is 4.72. The van der Waals surface area contributed by atoms with E-state index >= 15 is 0 Å². The molecule has 5 heteroatoms. The molecular formula is C8H16N2O2S. The van der Waals surface area contributed by atoms with E-state index in [4.69, 9.17) is 5.73 Å². The van der Waals surface area contributed by atoms with Crippen LogP contribution in [-0.2, 0) is 15.6 Å². The van der Waals surface area contributed by atoms with Crippen molar-refractivity contribution in [1.29, 1.82) is 0 Å². The van der Waals surface area contributed by atoms with Crippen LogP contribution in [0, 0.1) is 0 Å². The number of carbonyl (C=O) groups is 1. The highest BCUT2D eigenvalue weighted by molar-refractivity contribution is 7.85. The van der Waals surface area contributed by atoms with E-state index in [0.717, 1.165) is 19.4 Å². The second-order valence-electron chi connectivity index (χ2n) is 3.34. The largest absolute Gasteiger partial charge is 0.338 e. The van der Waals surface area contributed by atoms with Crippen LogP contribution in [0.5, 0.6) is 0 Å². The maximum absolute atomic E-state index is 11.5. The summed E-state index contributed by atoms with van der Waals surface area (Å²) in [6, 6.07) is 0.177. The Morgan fingerprint density at radius 1 is 1.69 bits per heavy atom. The average molecular weight is 204 g/mol. The van der Waals surface area contributed by atoms with Gasteiger partial charge in [0.05, 0.1) is 0 Å². The van der Waals surface area contributed by atoms with Crippen LogP contribution in [0.3, 0.4) is 0 Å². The van der Waals surface area contributed by atoms with Gasteiger partial charge in [0.25, 0.3) is 0 Å². The molecule has 1 amide bonds. The van der Waals surface area contributed by atoms with Gasteiger partial charge in [0.1, 0.15) is 5.75 Å². The van der Waals surface area contributed by atoms with Gasteiger partial charge in [-0.1, -0.05) is 0 Å². The van der Waals surface area contributed by atoms with Crippen LogP contribution in [-0.4, -0.2) is 46.2 Å². The number of likely N-dealkylation sites (tertiary alicyclic amines) is 1. The standard InChI is InChI=1S/C8H16N2O2S/c1-13(12)6-8(11)10-4-2-3-7(10)5-9/h7H,2-6,9H2,1H3. The van der Waals surface area contributed by atoms with Crippen LogP contribution in [0.1, 0.15) is 12.8 Å². The molecule has 1 aliphatic rings. The fourth-order valence-corrected chi connectivity index (χ4v) is 2.18. The Kier molecular flexibility index (Phi) is 3.87. The summed E-state index contributed by atoms with van der Waals surface area (Å²) in [7, 11) is -1.04. The molecule has 0 saturated carbocycles. The Morgan fingerprint density at radius 3 is 2.92 bits per heavy atom. The molecule has 2 N–H and O–H groups in total. The molecular weight excluding hydrogens is 188 g/mol. The zero-order valence-electron chi connectivity index (χ0n) is 7.86. The van der Waals surface area contributed by atoms with Gasteiger partial charge in [-0.3, -0.25) is 9.00 Å². The monoisotopic (exact) mass is 204 g/mol. The second-order valence-corrected chi connectivity index (χ2v) is 4.77. The minimum atomic E-state index is -1.04. The van der Waals surface area contributed by atoms with Gasteiger partial charge in [0.15, 0.2) is 0 Å². The summed E-state index contributed by atoms with van der Waals surface area (Å²) in [5.41, 5.74) is 5.52. The Hall–Kier alpha value is -0.420. The predicted octanol–water partition coefficient (Wildman–Crippen LogP) is -0.685. The molecule has 0 aromatic heterocycles. The average Bonchev–Trinajstić information content (AvgIpc) is 2.49. The number of rotatable bonds is 3. The van der Waals surface area contributed by atoms with E-state index in [-0.39, 0.29) is 17.7 Å². The molecule has 1 heterocycles. The van der Waals surface area contributed by atoms with Gasteiger partial charge < -0.3 is 10.6 Å². The molecule has 4 nitrogen and oxygen atoms in total. The molecule has 76 valence electrons. The predicted molar refractivity (Wildman–Crippen MR) is 52.7 cm³/mol. The van der Waals surface area contributed by atoms with Crippen molar-refractivity contribution in [2.45, 2.75) is 18.9 Å². The number of hydrogen-bond donors (Lipinski definition) is 1. The first-order valence-electron chi connectivity index (χ1n) is 4.44. The molecule has 13 heavy (non-hydrogen) atoms. The van der Waals surface area contributed by atoms with Crippen molar-refractivity contribution >= 4 is 16.7 Å². The van der Waals surface area contributed by atoms with Crippen molar-refractivity contribution in [2.75, 3.05) is 25.1 Å². The Morgan fingerprint density at radius 2 is 2.38 bits per heavy atom. The van der Waals surface area contributed by atoms with E-state index < -0.39 is 10.8 Å². The number of amides is 1. The molecule has 2 atom stereocenters. The van der Waals surface area contributed by atoms with Gasteiger partial charge in [-0.25, -0.2) is 0 Å². The summed E-state index contributed by atoms with van der Waals surface area (Å²) >= 11 is 0. The molecule has 0 bridgehead atoms. The maximum atomic E-state index is 11.5. The van der Waals surface area contributed by atoms with Crippen LogP contribution < -0.4 is 5.73 Å². The molecule has 1 saturated heterocycles. The van der Waals surface area contributed by atoms with Crippen molar-refractivity contribution in [1.82, 2.24) is 4.90 Å². The highest BCUT2D eigenvalue weighted by Crippen LogP contribution is 2.16. The smallest absolute Gasteiger partial charge is 0.235 e. The lowest BCUT2D eigenvalue weighted by molar-refractivity contribution is -0.129. The minimum Gasteiger partial charge on any atom is -0.338 e. The lowest BCUT2D eigenvalue weighted by Gasteiger charge is -2.22. The molecule has 1 rings (SSSR count). The Bertz CT molecular complexity index is 220. The first-order chi connectivity index (χ1) is 6.15. The first-order valence-corrected chi connectivity index (χ1v) is 6.17. The molecule has 0 aromatic carbocycles. The summed E-state index contributed by atoms with van der Waals surface area (Å²) < 4.78 is 10.8. The third-order valence-corrected chi connectivity index (χ3v) is 2.95. The Labute approximate surface area is 80.9 Å². The van der Waals surface area contributed by atoms with Gasteiger partial charge in [-0.15, -0.1) is 0 Å². The topological polar surface area (TPSA) is 63.4 Å². The van der Waals surface area contributed by atoms with E-state index in [1.165, 1.54) is 0 Å². The van der Waals surface area contributed by atoms with E-state index in [2.05, 4.69) is 0 Å². The summed E-state index contributed by atoms with van der Waals surface area (Å²) in [5.74, 6) is 0.116. The zero-order valence-corrected chi connectivity index (χ0v) is 8.68. The zero-order chi connectivity index (χ0) is 9.84. The van der Waals surface area contributed by atoms with Crippen molar-refractivity contribution in [3.8, 4) is 0 Å². The minimum absolute atomic E-state index is 0.0196. The number of nitrogens with two attached hydrogens (primary N) is 1. The van der Waals surface area contributed by atoms with Crippen LogP contribution >= 0.6 is 0 Å². The first kappa shape index (κ1) is 10.7. The van der Waals surface area contributed by atoms with Crippen molar-refractivity contribution < 1.29 is 9.00 Å². The van der Waals surface area contributed by atoms with Crippen LogP contribution in [0.25, 0.3) is 0 Å². The molecule has 2 unspecified atom stereocenters. The van der Waals surface area contributed by atoms with Gasteiger partial charge in [0.2, 0.25) is 5.91 Å². The van der Waals surface area contributed by atoms with Gasteiger partial charge in [-0.05, 0) is 12.8 Å². The van der Waals surface area contributed by atoms with Gasteiger partial charge in [0, 0.05) is 36.2 Å². The highest BCUT2D eigenvalue weighted by atomic mass is 32.2. The number of hydrogen-bond acceptors (Lipinski definition) is 3. The fraction of sp³-hybridized carbons (Fsp3) is 0.875. The molecule has 0 aromatic rings. The van der Waals surface area contributed by atoms with Crippen molar-refractivity contribution in [3.63, 3.8) is 0 Å². The van der Waals surface area contributed by atoms with E-state index in [1.54, 1.807) is 11.2 Å². The number of nitrogens with zero attached hydrogens (tertiary/aromatic N) is 1. The third kappa shape index (κ3) is 2.77. The Balaban J connectivity index is 2.50. The maximum Gasteiger partial charge on any atom is 0.235 e. The van der Waals surface area contributed by atoms with Gasteiger partial charge in [-0.2, -0.15) is 0 Å². The molecule has 1 fully saturated rings. The summed E-state index contributed by atoms with van der Waals surface area (Å²) in [4.78, 5) is 13.3. The molecule has 1 aliphatic heterocycles. The molecule has 0 aliphatic carbocycles. The van der Waals surface area contributed by atoms with Gasteiger partial charge >= 0.3 is 0 Å². The molecule has 0 radical (unpaired) electrons. The summed E-state index contributed by atoms with van der Waals surface area (Å²) in [6.07, 6.45) is 3.55. The lowest BCUT2D eigenvalue weighted by Crippen LogP contribution is -2.41. The number of carbonyl (C=O) groups excluding carboxylic acids is 1. The van der Waals surface area contributed by atoms with E-state index in [1.807, 2.05) is 0 Å².